The van der Waals surface area contributed by atoms with Crippen LogP contribution in [0.3, 0.4) is 0 Å². The maximum absolute atomic E-state index is 12.2. The number of hydrogen-bond donors (Lipinski definition) is 0. The van der Waals surface area contributed by atoms with E-state index in [0.29, 0.717) is 18.6 Å². The van der Waals surface area contributed by atoms with Crippen LogP contribution in [0.15, 0.2) is 36.9 Å². The first-order chi connectivity index (χ1) is 13.6. The average Bonchev–Trinajstić information content (AvgIpc) is 2.67. The molecule has 0 aliphatic carbocycles. The van der Waals surface area contributed by atoms with Crippen molar-refractivity contribution in [2.75, 3.05) is 5.75 Å². The fraction of sp³-hybridized carbons (Fsp3) is 0.667. The molecule has 0 saturated carbocycles. The van der Waals surface area contributed by atoms with Crippen molar-refractivity contribution in [3.05, 3.63) is 42.5 Å². The Morgan fingerprint density at radius 2 is 1.32 bits per heavy atom. The van der Waals surface area contributed by atoms with Gasteiger partial charge >= 0.3 is 10.1 Å². The normalized spacial score (nSPS) is 11.5. The molecule has 4 heteroatoms. The highest BCUT2D eigenvalue weighted by Crippen LogP contribution is 2.21. The van der Waals surface area contributed by atoms with Crippen LogP contribution in [0.25, 0.3) is 0 Å². The van der Waals surface area contributed by atoms with Crippen molar-refractivity contribution in [1.29, 1.82) is 0 Å². The van der Waals surface area contributed by atoms with Gasteiger partial charge in [-0.2, -0.15) is 8.42 Å². The Kier molecular flexibility index (Phi) is 13.8. The molecular weight excluding hydrogens is 368 g/mol. The van der Waals surface area contributed by atoms with Crippen LogP contribution < -0.4 is 4.18 Å². The highest BCUT2D eigenvalue weighted by atomic mass is 32.2. The van der Waals surface area contributed by atoms with E-state index in [2.05, 4.69) is 13.5 Å². The van der Waals surface area contributed by atoms with Gasteiger partial charge in [-0.1, -0.05) is 108 Å². The minimum absolute atomic E-state index is 0.0905. The molecule has 0 aliphatic rings. The Hall–Kier alpha value is -1.29. The lowest BCUT2D eigenvalue weighted by atomic mass is 10.1. The third-order valence-electron chi connectivity index (χ3n) is 5.05. The number of hydrogen-bond acceptors (Lipinski definition) is 3. The zero-order chi connectivity index (χ0) is 20.5. The van der Waals surface area contributed by atoms with E-state index in [-0.39, 0.29) is 5.75 Å². The second-order valence-corrected chi connectivity index (χ2v) is 9.38. The van der Waals surface area contributed by atoms with Gasteiger partial charge in [-0.15, -0.1) is 6.58 Å². The molecule has 0 saturated heterocycles. The molecule has 3 nitrogen and oxygen atoms in total. The lowest BCUT2D eigenvalue weighted by Gasteiger charge is -2.10. The monoisotopic (exact) mass is 408 g/mol. The van der Waals surface area contributed by atoms with Crippen LogP contribution in [-0.4, -0.2) is 14.2 Å². The van der Waals surface area contributed by atoms with Crippen LogP contribution in [0.5, 0.6) is 5.75 Å². The Balaban J connectivity index is 2.07. The van der Waals surface area contributed by atoms with E-state index in [0.717, 1.165) is 18.4 Å². The van der Waals surface area contributed by atoms with Gasteiger partial charge in [-0.25, -0.2) is 0 Å². The second kappa shape index (κ2) is 15.6. The van der Waals surface area contributed by atoms with Gasteiger partial charge < -0.3 is 4.18 Å². The zero-order valence-electron chi connectivity index (χ0n) is 17.8. The quantitative estimate of drug-likeness (QED) is 0.146. The average molecular weight is 409 g/mol. The molecule has 0 bridgehead atoms. The molecule has 1 aromatic rings. The summed E-state index contributed by atoms with van der Waals surface area (Å²) in [7, 11) is -3.52. The van der Waals surface area contributed by atoms with Crippen molar-refractivity contribution < 1.29 is 12.6 Å². The summed E-state index contributed by atoms with van der Waals surface area (Å²) in [6, 6.07) is 7.26. The third kappa shape index (κ3) is 12.2. The fourth-order valence-electron chi connectivity index (χ4n) is 3.38. The Bertz CT molecular complexity index is 622. The van der Waals surface area contributed by atoms with Gasteiger partial charge in [0, 0.05) is 0 Å². The minimum atomic E-state index is -3.52. The van der Waals surface area contributed by atoms with E-state index in [1.807, 2.05) is 12.1 Å². The van der Waals surface area contributed by atoms with E-state index >= 15 is 0 Å². The van der Waals surface area contributed by atoms with Crippen LogP contribution in [-0.2, 0) is 16.5 Å². The first-order valence-electron chi connectivity index (χ1n) is 11.2. The molecule has 0 unspecified atom stereocenters. The summed E-state index contributed by atoms with van der Waals surface area (Å²) in [5, 5.41) is 0. The maximum Gasteiger partial charge on any atom is 0.309 e. The highest BCUT2D eigenvalue weighted by molar-refractivity contribution is 7.87. The van der Waals surface area contributed by atoms with Crippen molar-refractivity contribution in [1.82, 2.24) is 0 Å². The van der Waals surface area contributed by atoms with Gasteiger partial charge in [0.05, 0.1) is 5.75 Å². The Morgan fingerprint density at radius 1 is 0.821 bits per heavy atom. The van der Waals surface area contributed by atoms with Gasteiger partial charge in [0.2, 0.25) is 0 Å². The largest absolute Gasteiger partial charge is 0.382 e. The molecule has 0 heterocycles. The topological polar surface area (TPSA) is 43.4 Å². The summed E-state index contributed by atoms with van der Waals surface area (Å²) in [6.45, 7) is 5.96. The first kappa shape index (κ1) is 24.7. The van der Waals surface area contributed by atoms with Crippen LogP contribution in [0.1, 0.15) is 96.0 Å². The summed E-state index contributed by atoms with van der Waals surface area (Å²) in [5.74, 6) is 0.518. The van der Waals surface area contributed by atoms with E-state index in [4.69, 9.17) is 4.18 Å². The fourth-order valence-corrected chi connectivity index (χ4v) is 4.46. The molecule has 0 spiro atoms. The van der Waals surface area contributed by atoms with Crippen LogP contribution in [0.4, 0.5) is 0 Å². The van der Waals surface area contributed by atoms with Crippen LogP contribution in [0.2, 0.25) is 0 Å². The van der Waals surface area contributed by atoms with Crippen molar-refractivity contribution in [2.45, 2.75) is 96.8 Å². The molecule has 0 aliphatic heterocycles. The summed E-state index contributed by atoms with van der Waals surface area (Å²) in [4.78, 5) is 0. The number of unbranched alkanes of at least 4 members (excludes halogenated alkanes) is 12. The molecule has 0 atom stereocenters. The molecule has 0 fully saturated rings. The number of para-hydroxylation sites is 1. The number of rotatable bonds is 18. The summed E-state index contributed by atoms with van der Waals surface area (Å²) < 4.78 is 29.7. The molecule has 1 rings (SSSR count). The van der Waals surface area contributed by atoms with Crippen molar-refractivity contribution >= 4 is 10.1 Å². The Morgan fingerprint density at radius 3 is 1.86 bits per heavy atom. The number of allylic oxidation sites excluding steroid dienone is 1. The molecular formula is C24H40O3S. The van der Waals surface area contributed by atoms with E-state index in [1.165, 1.54) is 64.2 Å². The zero-order valence-corrected chi connectivity index (χ0v) is 18.6. The number of benzene rings is 1. The summed E-state index contributed by atoms with van der Waals surface area (Å²) >= 11 is 0. The molecule has 0 N–H and O–H groups in total. The SMILES string of the molecule is C=CCc1ccccc1OS(=O)(=O)CCCCCCCCCCCCCCC. The van der Waals surface area contributed by atoms with E-state index in [9.17, 15) is 8.42 Å². The summed E-state index contributed by atoms with van der Waals surface area (Å²) in [6.07, 6.45) is 18.5. The van der Waals surface area contributed by atoms with Gasteiger partial charge in [0.25, 0.3) is 0 Å². The molecule has 0 aromatic heterocycles. The predicted molar refractivity (Wildman–Crippen MR) is 120 cm³/mol. The highest BCUT2D eigenvalue weighted by Gasteiger charge is 2.14. The standard InChI is InChI=1S/C24H40O3S/c1-3-5-6-7-8-9-10-11-12-13-14-15-18-22-28(25,26)27-24-21-17-16-20-23(24)19-4-2/h4,16-17,20-21H,2-3,5-15,18-19,22H2,1H3. The van der Waals surface area contributed by atoms with Crippen LogP contribution in [0, 0.1) is 0 Å². The van der Waals surface area contributed by atoms with E-state index < -0.39 is 10.1 Å². The van der Waals surface area contributed by atoms with Crippen LogP contribution >= 0.6 is 0 Å². The molecule has 0 radical (unpaired) electrons. The van der Waals surface area contributed by atoms with Crippen molar-refractivity contribution in [2.24, 2.45) is 0 Å². The van der Waals surface area contributed by atoms with Crippen molar-refractivity contribution in [3.63, 3.8) is 0 Å². The van der Waals surface area contributed by atoms with Crippen molar-refractivity contribution in [3.8, 4) is 5.75 Å². The van der Waals surface area contributed by atoms with Gasteiger partial charge in [0.15, 0.2) is 0 Å². The predicted octanol–water partition coefficient (Wildman–Crippen LogP) is 7.21. The lowest BCUT2D eigenvalue weighted by Crippen LogP contribution is -2.14. The summed E-state index contributed by atoms with van der Waals surface area (Å²) in [5.41, 5.74) is 0.853. The molecule has 28 heavy (non-hydrogen) atoms. The third-order valence-corrected chi connectivity index (χ3v) is 6.27. The first-order valence-corrected chi connectivity index (χ1v) is 12.8. The minimum Gasteiger partial charge on any atom is -0.382 e. The molecule has 1 aromatic carbocycles. The maximum atomic E-state index is 12.2. The molecule has 160 valence electrons. The van der Waals surface area contributed by atoms with Gasteiger partial charge in [0.1, 0.15) is 5.75 Å². The van der Waals surface area contributed by atoms with Gasteiger partial charge in [-0.05, 0) is 24.5 Å². The van der Waals surface area contributed by atoms with E-state index in [1.54, 1.807) is 18.2 Å². The van der Waals surface area contributed by atoms with Gasteiger partial charge in [-0.3, -0.25) is 0 Å². The molecule has 0 amide bonds. The smallest absolute Gasteiger partial charge is 0.309 e. The second-order valence-electron chi connectivity index (χ2n) is 7.69. The lowest BCUT2D eigenvalue weighted by molar-refractivity contribution is 0.479. The Labute approximate surface area is 173 Å².